The van der Waals surface area contributed by atoms with Crippen LogP contribution in [0.15, 0.2) is 18.2 Å². The Kier molecular flexibility index (Phi) is 10.8. The normalized spacial score (nSPS) is 11.5. The number of ether oxygens (including phenoxy) is 1. The molecule has 6 nitrogen and oxygen atoms in total. The molecule has 0 spiro atoms. The van der Waals surface area contributed by atoms with Crippen LogP contribution in [0.3, 0.4) is 0 Å². The highest BCUT2D eigenvalue weighted by Crippen LogP contribution is 2.38. The number of nitrogens with zero attached hydrogens (tertiary/aromatic N) is 3. The lowest BCUT2D eigenvalue weighted by molar-refractivity contribution is -0.117. The molecule has 0 aliphatic carbocycles. The second-order valence-corrected chi connectivity index (χ2v) is 11.4. The molecule has 7 heteroatoms. The molecule has 1 atom stereocenters. The molecule has 44 heavy (non-hydrogen) atoms. The predicted octanol–water partition coefficient (Wildman–Crippen LogP) is 8.73. The molecule has 0 aliphatic heterocycles. The van der Waals surface area contributed by atoms with Crippen molar-refractivity contribution in [3.63, 3.8) is 0 Å². The number of carbonyl (C=O) groups excluding carboxylic acids is 1. The molecular formula is C37H47BN3O3. The summed E-state index contributed by atoms with van der Waals surface area (Å²) in [4.78, 5) is 27.1. The van der Waals surface area contributed by atoms with Crippen LogP contribution < -0.4 is 4.74 Å². The fraction of sp³-hybridized carbons (Fsp3) is 0.405. The van der Waals surface area contributed by atoms with Crippen LogP contribution in [0.4, 0.5) is 0 Å². The Labute approximate surface area is 264 Å². The van der Waals surface area contributed by atoms with Gasteiger partial charge in [-0.3, -0.25) is 0 Å². The van der Waals surface area contributed by atoms with E-state index in [9.17, 15) is 9.90 Å². The summed E-state index contributed by atoms with van der Waals surface area (Å²) >= 11 is 0. The van der Waals surface area contributed by atoms with Gasteiger partial charge in [0.1, 0.15) is 23.3 Å². The molecule has 1 aromatic heterocycles. The van der Waals surface area contributed by atoms with Gasteiger partial charge in [-0.05, 0) is 144 Å². The van der Waals surface area contributed by atoms with Crippen LogP contribution in [-0.4, -0.2) is 39.1 Å². The fourth-order valence-corrected chi connectivity index (χ4v) is 5.66. The molecule has 1 radical (unpaired) electrons. The molecule has 231 valence electrons. The molecule has 0 fully saturated rings. The van der Waals surface area contributed by atoms with Crippen molar-refractivity contribution in [2.45, 2.75) is 103 Å². The smallest absolute Gasteiger partial charge is 0.204 e. The zero-order chi connectivity index (χ0) is 33.2. The van der Waals surface area contributed by atoms with Gasteiger partial charge in [0.25, 0.3) is 0 Å². The quantitative estimate of drug-likeness (QED) is 0.216. The molecule has 0 saturated heterocycles. The first-order chi connectivity index (χ1) is 20.7. The molecule has 1 heterocycles. The zero-order valence-corrected chi connectivity index (χ0v) is 29.0. The summed E-state index contributed by atoms with van der Waals surface area (Å²) in [6.07, 6.45) is -0.659. The summed E-state index contributed by atoms with van der Waals surface area (Å²) in [5.41, 5.74) is 14.2. The molecule has 4 rings (SSSR count). The van der Waals surface area contributed by atoms with Crippen LogP contribution in [0.2, 0.25) is 6.82 Å². The summed E-state index contributed by atoms with van der Waals surface area (Å²) in [6, 6.07) is 4.97. The van der Waals surface area contributed by atoms with Crippen LogP contribution in [0.5, 0.6) is 11.5 Å². The molecule has 1 N–H and O–H groups in total. The maximum absolute atomic E-state index is 12.0. The van der Waals surface area contributed by atoms with Crippen molar-refractivity contribution in [3.05, 3.63) is 73.8 Å². The van der Waals surface area contributed by atoms with Gasteiger partial charge in [0.05, 0.1) is 5.56 Å². The number of aromatic nitrogens is 3. The van der Waals surface area contributed by atoms with Crippen molar-refractivity contribution in [2.75, 3.05) is 0 Å². The van der Waals surface area contributed by atoms with Crippen LogP contribution in [0, 0.1) is 69.2 Å². The first-order valence-electron chi connectivity index (χ1n) is 15.4. The lowest BCUT2D eigenvalue weighted by Gasteiger charge is -2.21. The number of rotatable bonds is 7. The molecule has 4 aromatic rings. The highest BCUT2D eigenvalue weighted by atomic mass is 16.5. The Bertz CT molecular complexity index is 1600. The summed E-state index contributed by atoms with van der Waals surface area (Å²) in [7, 11) is 1.48. The van der Waals surface area contributed by atoms with Crippen LogP contribution in [-0.2, 0) is 4.79 Å². The maximum Gasteiger partial charge on any atom is 0.204 e. The van der Waals surface area contributed by atoms with Crippen LogP contribution in [0.1, 0.15) is 76.4 Å². The number of phenolic OH excluding ortho intramolecular Hbond substituents is 1. The van der Waals surface area contributed by atoms with Gasteiger partial charge in [-0.1, -0.05) is 20.7 Å². The summed E-state index contributed by atoms with van der Waals surface area (Å²) in [5.74, 6) is 1.87. The lowest BCUT2D eigenvalue weighted by Crippen LogP contribution is -2.27. The second-order valence-electron chi connectivity index (χ2n) is 11.4. The molecule has 0 amide bonds. The SMILES string of the molecule is CC.C[B]C(=O)C(C)Oc1ccc(-c2nc(-c3c(C)c(C)c(C)c(C)c3C)nc(-c3c(C)c(C)c(C)c(C)c3C)n2)c(O)c1. The Balaban J connectivity index is 0.00000259. The summed E-state index contributed by atoms with van der Waals surface area (Å²) in [5, 5.41) is 11.2. The Morgan fingerprint density at radius 1 is 0.659 bits per heavy atom. The van der Waals surface area contributed by atoms with Gasteiger partial charge in [-0.2, -0.15) is 0 Å². The van der Waals surface area contributed by atoms with Gasteiger partial charge in [0.15, 0.2) is 17.5 Å². The van der Waals surface area contributed by atoms with Gasteiger partial charge in [0.2, 0.25) is 7.28 Å². The fourth-order valence-electron chi connectivity index (χ4n) is 5.66. The van der Waals surface area contributed by atoms with E-state index in [1.807, 2.05) is 13.8 Å². The van der Waals surface area contributed by atoms with Crippen molar-refractivity contribution in [2.24, 2.45) is 0 Å². The average molecular weight is 593 g/mol. The van der Waals surface area contributed by atoms with Gasteiger partial charge >= 0.3 is 0 Å². The third kappa shape index (κ3) is 6.28. The zero-order valence-electron chi connectivity index (χ0n) is 29.0. The minimum Gasteiger partial charge on any atom is -0.507 e. The van der Waals surface area contributed by atoms with Gasteiger partial charge < -0.3 is 14.6 Å². The van der Waals surface area contributed by atoms with E-state index < -0.39 is 6.10 Å². The van der Waals surface area contributed by atoms with Gasteiger partial charge in [-0.25, -0.2) is 15.0 Å². The third-order valence-corrected chi connectivity index (χ3v) is 9.29. The summed E-state index contributed by atoms with van der Waals surface area (Å²) in [6.45, 7) is 28.7. The van der Waals surface area contributed by atoms with E-state index in [1.165, 1.54) is 46.7 Å². The van der Waals surface area contributed by atoms with E-state index in [0.29, 0.717) is 28.8 Å². The Morgan fingerprint density at radius 2 is 1.02 bits per heavy atom. The molecule has 3 aromatic carbocycles. The number of aromatic hydroxyl groups is 1. The number of benzene rings is 3. The highest BCUT2D eigenvalue weighted by Gasteiger charge is 2.23. The predicted molar refractivity (Wildman–Crippen MR) is 183 cm³/mol. The third-order valence-electron chi connectivity index (χ3n) is 9.29. The van der Waals surface area contributed by atoms with E-state index in [-0.39, 0.29) is 11.4 Å². The van der Waals surface area contributed by atoms with E-state index in [4.69, 9.17) is 19.7 Å². The van der Waals surface area contributed by atoms with E-state index in [1.54, 1.807) is 25.9 Å². The van der Waals surface area contributed by atoms with Gasteiger partial charge in [-0.15, -0.1) is 0 Å². The second kappa shape index (κ2) is 13.8. The Morgan fingerprint density at radius 3 is 1.39 bits per heavy atom. The van der Waals surface area contributed by atoms with E-state index >= 15 is 0 Å². The van der Waals surface area contributed by atoms with Crippen molar-refractivity contribution >= 4 is 13.0 Å². The van der Waals surface area contributed by atoms with Gasteiger partial charge in [0, 0.05) is 17.2 Å². The van der Waals surface area contributed by atoms with E-state index in [2.05, 4.69) is 69.2 Å². The van der Waals surface area contributed by atoms with Crippen molar-refractivity contribution < 1.29 is 14.6 Å². The van der Waals surface area contributed by atoms with Crippen molar-refractivity contribution in [1.29, 1.82) is 0 Å². The standard InChI is InChI=1S/C35H41BN3O3.C2H6/c1-16-18(3)22(7)30(23(8)19(16)4)34-37-33(28-14-13-27(15-29(28)40)42-26(11)32(41)36-12)38-35(39-34)31-24(9)20(5)17(2)21(6)25(31)10;1-2/h13-15,26,40H,1-12H3;1-2H3. The first kappa shape index (κ1) is 34.5. The molecular weight excluding hydrogens is 545 g/mol. The molecule has 0 aliphatic rings. The van der Waals surface area contributed by atoms with Crippen LogP contribution in [0.25, 0.3) is 34.2 Å². The molecule has 1 unspecified atom stereocenters. The monoisotopic (exact) mass is 592 g/mol. The first-order valence-corrected chi connectivity index (χ1v) is 15.4. The minimum atomic E-state index is -0.659. The lowest BCUT2D eigenvalue weighted by atomic mass is 9.74. The number of hydrogen-bond donors (Lipinski definition) is 1. The minimum absolute atomic E-state index is 0.0369. The number of phenols is 1. The number of carbonyl (C=O) groups is 1. The molecule has 0 saturated carbocycles. The topological polar surface area (TPSA) is 85.2 Å². The largest absolute Gasteiger partial charge is 0.507 e. The average Bonchev–Trinajstić information content (AvgIpc) is 3.01. The summed E-state index contributed by atoms with van der Waals surface area (Å²) < 4.78 is 5.77. The molecule has 0 bridgehead atoms. The number of hydrogen-bond acceptors (Lipinski definition) is 6. The maximum atomic E-state index is 12.0. The highest BCUT2D eigenvalue weighted by molar-refractivity contribution is 6.73. The Hall–Kier alpha value is -4.00. The van der Waals surface area contributed by atoms with Crippen molar-refractivity contribution in [3.8, 4) is 45.7 Å². The van der Waals surface area contributed by atoms with E-state index in [0.717, 1.165) is 33.4 Å². The van der Waals surface area contributed by atoms with Crippen molar-refractivity contribution in [1.82, 2.24) is 15.0 Å². The van der Waals surface area contributed by atoms with Crippen LogP contribution >= 0.6 is 0 Å².